The van der Waals surface area contributed by atoms with Crippen molar-refractivity contribution < 1.29 is 4.79 Å². The van der Waals surface area contributed by atoms with E-state index in [-0.39, 0.29) is 6.03 Å². The first-order chi connectivity index (χ1) is 6.22. The number of urea groups is 1. The van der Waals surface area contributed by atoms with Crippen LogP contribution >= 0.6 is 0 Å². The number of hydrogen-bond donors (Lipinski definition) is 2. The molecule has 1 aromatic rings. The van der Waals surface area contributed by atoms with E-state index in [0.717, 1.165) is 5.56 Å². The van der Waals surface area contributed by atoms with E-state index >= 15 is 0 Å². The summed E-state index contributed by atoms with van der Waals surface area (Å²) in [6.45, 7) is 4.31. The van der Waals surface area contributed by atoms with E-state index in [4.69, 9.17) is 0 Å². The van der Waals surface area contributed by atoms with Gasteiger partial charge >= 0.3 is 6.03 Å². The summed E-state index contributed by atoms with van der Waals surface area (Å²) in [6, 6.07) is -0.286. The van der Waals surface area contributed by atoms with Gasteiger partial charge in [0.25, 0.3) is 0 Å². The van der Waals surface area contributed by atoms with Crippen LogP contribution in [0.1, 0.15) is 12.5 Å². The van der Waals surface area contributed by atoms with Gasteiger partial charge in [-0.15, -0.1) is 0 Å². The molecule has 0 saturated heterocycles. The number of aromatic nitrogens is 2. The zero-order valence-corrected chi connectivity index (χ0v) is 7.66. The Balaban J connectivity index is 2.54. The monoisotopic (exact) mass is 180 g/mol. The van der Waals surface area contributed by atoms with Gasteiger partial charge < -0.3 is 5.32 Å². The summed E-state index contributed by atoms with van der Waals surface area (Å²) in [5.74, 6) is 0.316. The number of hydrogen-bond acceptors (Lipinski definition) is 3. The molecule has 1 aromatic heterocycles. The quantitative estimate of drug-likeness (QED) is 0.711. The Labute approximate surface area is 76.6 Å². The van der Waals surface area contributed by atoms with E-state index in [1.165, 1.54) is 0 Å². The van der Waals surface area contributed by atoms with Crippen molar-refractivity contribution in [2.45, 2.75) is 13.8 Å². The predicted molar refractivity (Wildman–Crippen MR) is 49.5 cm³/mol. The van der Waals surface area contributed by atoms with Crippen molar-refractivity contribution in [3.05, 3.63) is 18.0 Å². The average molecular weight is 180 g/mol. The zero-order chi connectivity index (χ0) is 9.68. The molecule has 0 saturated carbocycles. The molecule has 5 nitrogen and oxygen atoms in total. The third-order valence-electron chi connectivity index (χ3n) is 1.34. The molecule has 0 aliphatic carbocycles. The van der Waals surface area contributed by atoms with Crippen molar-refractivity contribution in [2.24, 2.45) is 0 Å². The van der Waals surface area contributed by atoms with E-state index < -0.39 is 0 Å². The van der Waals surface area contributed by atoms with Crippen LogP contribution in [0.15, 0.2) is 12.4 Å². The van der Waals surface area contributed by atoms with Crippen LogP contribution in [0.2, 0.25) is 0 Å². The summed E-state index contributed by atoms with van der Waals surface area (Å²) >= 11 is 0. The first kappa shape index (κ1) is 9.44. The number of anilines is 1. The third kappa shape index (κ3) is 3.06. The van der Waals surface area contributed by atoms with Gasteiger partial charge in [-0.2, -0.15) is 0 Å². The van der Waals surface area contributed by atoms with E-state index in [1.54, 1.807) is 12.4 Å². The number of nitrogens with zero attached hydrogens (tertiary/aromatic N) is 2. The van der Waals surface area contributed by atoms with Crippen LogP contribution in [-0.2, 0) is 0 Å². The molecule has 13 heavy (non-hydrogen) atoms. The van der Waals surface area contributed by atoms with Gasteiger partial charge in [0.05, 0.1) is 0 Å². The molecule has 0 atom stereocenters. The first-order valence-corrected chi connectivity index (χ1v) is 4.06. The molecule has 0 fully saturated rings. The summed E-state index contributed by atoms with van der Waals surface area (Å²) in [7, 11) is 0. The molecular weight excluding hydrogens is 168 g/mol. The highest BCUT2D eigenvalue weighted by molar-refractivity contribution is 5.87. The summed E-state index contributed by atoms with van der Waals surface area (Å²) < 4.78 is 0. The lowest BCUT2D eigenvalue weighted by atomic mass is 10.4. The van der Waals surface area contributed by atoms with Crippen LogP contribution in [-0.4, -0.2) is 22.5 Å². The molecule has 0 unspecified atom stereocenters. The molecule has 0 spiro atoms. The Morgan fingerprint density at radius 3 is 2.62 bits per heavy atom. The van der Waals surface area contributed by atoms with Gasteiger partial charge in [-0.1, -0.05) is 0 Å². The predicted octanol–water partition coefficient (Wildman–Crippen LogP) is 0.926. The second-order valence-electron chi connectivity index (χ2n) is 2.57. The van der Waals surface area contributed by atoms with Crippen molar-refractivity contribution in [2.75, 3.05) is 11.9 Å². The number of aryl methyl sites for hydroxylation is 1. The van der Waals surface area contributed by atoms with E-state index in [1.807, 2.05) is 13.8 Å². The number of carbonyl (C=O) groups is 1. The standard InChI is InChI=1S/C8H12N4O/c1-3-9-8(13)12-7-10-4-6(2)5-11-7/h4-5H,3H2,1-2H3,(H2,9,10,11,12,13). The SMILES string of the molecule is CCNC(=O)Nc1ncc(C)cn1. The van der Waals surface area contributed by atoms with Gasteiger partial charge in [0.1, 0.15) is 0 Å². The van der Waals surface area contributed by atoms with Crippen molar-refractivity contribution in [1.82, 2.24) is 15.3 Å². The normalized spacial score (nSPS) is 9.38. The Bertz CT molecular complexity index is 283. The smallest absolute Gasteiger partial charge is 0.321 e. The fourth-order valence-electron chi connectivity index (χ4n) is 0.763. The maximum atomic E-state index is 11.0. The molecule has 5 heteroatoms. The van der Waals surface area contributed by atoms with Crippen LogP contribution in [0.25, 0.3) is 0 Å². The lowest BCUT2D eigenvalue weighted by molar-refractivity contribution is 0.252. The maximum Gasteiger partial charge on any atom is 0.321 e. The minimum Gasteiger partial charge on any atom is -0.338 e. The number of nitrogens with one attached hydrogen (secondary N) is 2. The van der Waals surface area contributed by atoms with Gasteiger partial charge in [-0.3, -0.25) is 5.32 Å². The molecule has 2 N–H and O–H groups in total. The third-order valence-corrected chi connectivity index (χ3v) is 1.34. The van der Waals surface area contributed by atoms with Crippen molar-refractivity contribution in [1.29, 1.82) is 0 Å². The van der Waals surface area contributed by atoms with Crippen LogP contribution in [0.4, 0.5) is 10.7 Å². The number of rotatable bonds is 2. The van der Waals surface area contributed by atoms with E-state index in [9.17, 15) is 4.79 Å². The lowest BCUT2D eigenvalue weighted by Gasteiger charge is -2.03. The Morgan fingerprint density at radius 2 is 2.08 bits per heavy atom. The largest absolute Gasteiger partial charge is 0.338 e. The summed E-state index contributed by atoms with van der Waals surface area (Å²) in [5.41, 5.74) is 0.960. The molecule has 1 heterocycles. The van der Waals surface area contributed by atoms with E-state index in [0.29, 0.717) is 12.5 Å². The minimum absolute atomic E-state index is 0.286. The highest BCUT2D eigenvalue weighted by Gasteiger charge is 2.00. The lowest BCUT2D eigenvalue weighted by Crippen LogP contribution is -2.28. The fraction of sp³-hybridized carbons (Fsp3) is 0.375. The number of amides is 2. The minimum atomic E-state index is -0.286. The Hall–Kier alpha value is -1.65. The second-order valence-corrected chi connectivity index (χ2v) is 2.57. The highest BCUT2D eigenvalue weighted by Crippen LogP contribution is 1.97. The molecule has 0 bridgehead atoms. The molecule has 1 rings (SSSR count). The zero-order valence-electron chi connectivity index (χ0n) is 7.66. The van der Waals surface area contributed by atoms with Gasteiger partial charge in [0.2, 0.25) is 5.95 Å². The molecule has 0 radical (unpaired) electrons. The molecule has 0 aliphatic heterocycles. The second kappa shape index (κ2) is 4.39. The molecule has 0 aromatic carbocycles. The van der Waals surface area contributed by atoms with Crippen molar-refractivity contribution in [3.8, 4) is 0 Å². The average Bonchev–Trinajstić information content (AvgIpc) is 2.09. The van der Waals surface area contributed by atoms with Crippen molar-refractivity contribution in [3.63, 3.8) is 0 Å². The summed E-state index contributed by atoms with van der Waals surface area (Å²) in [4.78, 5) is 18.8. The van der Waals surface area contributed by atoms with Gasteiger partial charge in [-0.05, 0) is 19.4 Å². The van der Waals surface area contributed by atoms with Crippen LogP contribution in [0.3, 0.4) is 0 Å². The molecule has 2 amide bonds. The van der Waals surface area contributed by atoms with Gasteiger partial charge in [0, 0.05) is 18.9 Å². The van der Waals surface area contributed by atoms with Gasteiger partial charge in [0.15, 0.2) is 0 Å². The Morgan fingerprint density at radius 1 is 1.46 bits per heavy atom. The Kier molecular flexibility index (Phi) is 3.19. The van der Waals surface area contributed by atoms with Crippen molar-refractivity contribution >= 4 is 12.0 Å². The topological polar surface area (TPSA) is 66.9 Å². The molecular formula is C8H12N4O. The maximum absolute atomic E-state index is 11.0. The highest BCUT2D eigenvalue weighted by atomic mass is 16.2. The summed E-state index contributed by atoms with van der Waals surface area (Å²) in [5, 5.41) is 5.08. The summed E-state index contributed by atoms with van der Waals surface area (Å²) in [6.07, 6.45) is 3.29. The van der Waals surface area contributed by atoms with E-state index in [2.05, 4.69) is 20.6 Å². The van der Waals surface area contributed by atoms with Crippen LogP contribution in [0.5, 0.6) is 0 Å². The van der Waals surface area contributed by atoms with Crippen LogP contribution < -0.4 is 10.6 Å². The van der Waals surface area contributed by atoms with Crippen LogP contribution in [0, 0.1) is 6.92 Å². The number of carbonyl (C=O) groups excluding carboxylic acids is 1. The molecule has 0 aliphatic rings. The van der Waals surface area contributed by atoms with Gasteiger partial charge in [-0.25, -0.2) is 14.8 Å². The fourth-order valence-corrected chi connectivity index (χ4v) is 0.763. The first-order valence-electron chi connectivity index (χ1n) is 4.06. The molecule has 70 valence electrons.